The molecule has 1 rings (SSSR count). The third kappa shape index (κ3) is 6.17. The third-order valence-electron chi connectivity index (χ3n) is 3.61. The van der Waals surface area contributed by atoms with Gasteiger partial charge in [0.1, 0.15) is 0 Å². The average Bonchev–Trinajstić information content (AvgIpc) is 2.27. The van der Waals surface area contributed by atoms with Crippen LogP contribution in [0, 0.1) is 5.41 Å². The van der Waals surface area contributed by atoms with Gasteiger partial charge in [0.2, 0.25) is 0 Å². The van der Waals surface area contributed by atoms with Crippen molar-refractivity contribution in [2.75, 3.05) is 39.4 Å². The zero-order valence-corrected chi connectivity index (χ0v) is 13.0. The van der Waals surface area contributed by atoms with E-state index in [0.717, 1.165) is 32.8 Å². The predicted molar refractivity (Wildman–Crippen MR) is 78.0 cm³/mol. The summed E-state index contributed by atoms with van der Waals surface area (Å²) in [7, 11) is 0. The molecule has 0 amide bonds. The maximum Gasteiger partial charge on any atom is 0.0594 e. The molecule has 1 aliphatic rings. The highest BCUT2D eigenvalue weighted by Gasteiger charge is 2.28. The fourth-order valence-corrected chi connectivity index (χ4v) is 2.60. The minimum atomic E-state index is 0.208. The van der Waals surface area contributed by atoms with Gasteiger partial charge in [-0.3, -0.25) is 4.90 Å². The van der Waals surface area contributed by atoms with E-state index in [1.165, 1.54) is 19.4 Å². The molecule has 1 aliphatic heterocycles. The van der Waals surface area contributed by atoms with Gasteiger partial charge in [-0.1, -0.05) is 20.3 Å². The monoisotopic (exact) mass is 256 g/mol. The van der Waals surface area contributed by atoms with E-state index in [2.05, 4.69) is 44.8 Å². The third-order valence-corrected chi connectivity index (χ3v) is 3.61. The fourth-order valence-electron chi connectivity index (χ4n) is 2.60. The Morgan fingerprint density at radius 1 is 1.11 bits per heavy atom. The first kappa shape index (κ1) is 15.9. The van der Waals surface area contributed by atoms with Crippen LogP contribution in [0.25, 0.3) is 0 Å². The first-order valence-electron chi connectivity index (χ1n) is 7.40. The lowest BCUT2D eigenvalue weighted by molar-refractivity contribution is 0.0160. The van der Waals surface area contributed by atoms with Crippen molar-refractivity contribution in [3.05, 3.63) is 0 Å². The normalized spacial score (nSPS) is 21.8. The van der Waals surface area contributed by atoms with Crippen LogP contribution in [-0.2, 0) is 4.74 Å². The van der Waals surface area contributed by atoms with Crippen LogP contribution in [0.2, 0.25) is 0 Å². The highest BCUT2D eigenvalue weighted by molar-refractivity contribution is 4.84. The van der Waals surface area contributed by atoms with Crippen LogP contribution in [0.5, 0.6) is 0 Å². The second kappa shape index (κ2) is 6.88. The fraction of sp³-hybridized carbons (Fsp3) is 1.00. The quantitative estimate of drug-likeness (QED) is 0.790. The smallest absolute Gasteiger partial charge is 0.0594 e. The number of nitrogens with one attached hydrogen (secondary N) is 1. The number of morpholine rings is 1. The van der Waals surface area contributed by atoms with Gasteiger partial charge < -0.3 is 10.1 Å². The van der Waals surface area contributed by atoms with Crippen molar-refractivity contribution in [3.8, 4) is 0 Å². The van der Waals surface area contributed by atoms with Crippen molar-refractivity contribution in [1.82, 2.24) is 10.2 Å². The molecule has 0 saturated carbocycles. The van der Waals surface area contributed by atoms with Gasteiger partial charge in [-0.25, -0.2) is 0 Å². The number of hydrogen-bond donors (Lipinski definition) is 1. The molecule has 0 aromatic rings. The van der Waals surface area contributed by atoms with Crippen LogP contribution in [0.4, 0.5) is 0 Å². The second-order valence-electron chi connectivity index (χ2n) is 7.05. The van der Waals surface area contributed by atoms with Crippen LogP contribution < -0.4 is 5.32 Å². The Hall–Kier alpha value is -0.120. The molecule has 1 heterocycles. The van der Waals surface area contributed by atoms with E-state index in [9.17, 15) is 0 Å². The minimum Gasteiger partial charge on any atom is -0.379 e. The molecule has 0 aromatic carbocycles. The van der Waals surface area contributed by atoms with E-state index in [1.807, 2.05) is 0 Å². The Bertz CT molecular complexity index is 231. The van der Waals surface area contributed by atoms with Crippen molar-refractivity contribution in [1.29, 1.82) is 0 Å². The van der Waals surface area contributed by atoms with E-state index in [4.69, 9.17) is 4.74 Å². The lowest BCUT2D eigenvalue weighted by atomic mass is 9.84. The molecule has 3 heteroatoms. The number of rotatable bonds is 6. The second-order valence-corrected chi connectivity index (χ2v) is 7.05. The van der Waals surface area contributed by atoms with Crippen LogP contribution >= 0.6 is 0 Å². The molecule has 0 spiro atoms. The molecule has 0 aromatic heterocycles. The molecular weight excluding hydrogens is 224 g/mol. The van der Waals surface area contributed by atoms with Crippen LogP contribution in [0.1, 0.15) is 47.5 Å². The van der Waals surface area contributed by atoms with E-state index in [0.29, 0.717) is 5.41 Å². The van der Waals surface area contributed by atoms with Crippen molar-refractivity contribution in [3.63, 3.8) is 0 Å². The minimum absolute atomic E-state index is 0.208. The van der Waals surface area contributed by atoms with E-state index in [-0.39, 0.29) is 5.54 Å². The van der Waals surface area contributed by atoms with Crippen LogP contribution in [0.3, 0.4) is 0 Å². The predicted octanol–water partition coefficient (Wildman–Crippen LogP) is 2.51. The zero-order chi connectivity index (χ0) is 13.6. The Kier molecular flexibility index (Phi) is 6.09. The van der Waals surface area contributed by atoms with Gasteiger partial charge in [0.05, 0.1) is 13.2 Å². The highest BCUT2D eigenvalue weighted by atomic mass is 16.5. The molecule has 1 saturated heterocycles. The molecule has 3 nitrogen and oxygen atoms in total. The molecule has 0 radical (unpaired) electrons. The number of hydrogen-bond acceptors (Lipinski definition) is 3. The van der Waals surface area contributed by atoms with E-state index in [1.54, 1.807) is 0 Å². The van der Waals surface area contributed by atoms with E-state index >= 15 is 0 Å². The van der Waals surface area contributed by atoms with Crippen LogP contribution in [-0.4, -0.2) is 49.8 Å². The summed E-state index contributed by atoms with van der Waals surface area (Å²) in [6, 6.07) is 0. The maximum absolute atomic E-state index is 5.43. The number of ether oxygens (including phenoxy) is 1. The van der Waals surface area contributed by atoms with Gasteiger partial charge >= 0.3 is 0 Å². The molecular formula is C15H32N2O. The average molecular weight is 256 g/mol. The molecule has 0 bridgehead atoms. The van der Waals surface area contributed by atoms with Crippen molar-refractivity contribution in [2.24, 2.45) is 5.41 Å². The Balaban J connectivity index is 2.49. The van der Waals surface area contributed by atoms with Gasteiger partial charge in [0, 0.05) is 31.7 Å². The summed E-state index contributed by atoms with van der Waals surface area (Å²) in [5.74, 6) is 0. The molecule has 1 fully saturated rings. The molecule has 1 atom stereocenters. The number of nitrogens with zero attached hydrogens (tertiary/aromatic N) is 1. The lowest BCUT2D eigenvalue weighted by Gasteiger charge is -2.39. The summed E-state index contributed by atoms with van der Waals surface area (Å²) in [6.45, 7) is 17.7. The summed E-state index contributed by atoms with van der Waals surface area (Å²) in [6.07, 6.45) is 2.54. The van der Waals surface area contributed by atoms with Crippen LogP contribution in [0.15, 0.2) is 0 Å². The highest BCUT2D eigenvalue weighted by Crippen LogP contribution is 2.25. The molecule has 1 N–H and O–H groups in total. The Labute approximate surface area is 113 Å². The zero-order valence-electron chi connectivity index (χ0n) is 13.0. The van der Waals surface area contributed by atoms with Crippen molar-refractivity contribution >= 4 is 0 Å². The van der Waals surface area contributed by atoms with E-state index < -0.39 is 0 Å². The van der Waals surface area contributed by atoms with Gasteiger partial charge in [-0.05, 0) is 32.6 Å². The SMILES string of the molecule is CCCC(C)(CNC(C)(C)C)CN1CCOCC1. The van der Waals surface area contributed by atoms with Gasteiger partial charge in [0.15, 0.2) is 0 Å². The molecule has 0 aliphatic carbocycles. The van der Waals surface area contributed by atoms with Gasteiger partial charge in [0.25, 0.3) is 0 Å². The Morgan fingerprint density at radius 2 is 1.72 bits per heavy atom. The molecule has 18 heavy (non-hydrogen) atoms. The molecule has 108 valence electrons. The maximum atomic E-state index is 5.43. The molecule has 1 unspecified atom stereocenters. The van der Waals surface area contributed by atoms with Crippen molar-refractivity contribution in [2.45, 2.75) is 53.0 Å². The van der Waals surface area contributed by atoms with Gasteiger partial charge in [-0.2, -0.15) is 0 Å². The summed E-state index contributed by atoms with van der Waals surface area (Å²) >= 11 is 0. The standard InChI is InChI=1S/C15H32N2O/c1-6-7-15(5,12-16-14(2,3)4)13-17-8-10-18-11-9-17/h16H,6-13H2,1-5H3. The first-order chi connectivity index (χ1) is 8.35. The van der Waals surface area contributed by atoms with Crippen molar-refractivity contribution < 1.29 is 4.74 Å². The Morgan fingerprint density at radius 3 is 2.22 bits per heavy atom. The van der Waals surface area contributed by atoms with Gasteiger partial charge in [-0.15, -0.1) is 0 Å². The summed E-state index contributed by atoms with van der Waals surface area (Å²) in [5, 5.41) is 3.68. The largest absolute Gasteiger partial charge is 0.379 e. The first-order valence-corrected chi connectivity index (χ1v) is 7.40. The topological polar surface area (TPSA) is 24.5 Å². The summed E-state index contributed by atoms with van der Waals surface area (Å²) in [5.41, 5.74) is 0.583. The lowest BCUT2D eigenvalue weighted by Crippen LogP contribution is -2.49. The summed E-state index contributed by atoms with van der Waals surface area (Å²) < 4.78 is 5.43. The summed E-state index contributed by atoms with van der Waals surface area (Å²) in [4.78, 5) is 2.56.